The van der Waals surface area contributed by atoms with E-state index in [9.17, 15) is 9.59 Å². The van der Waals surface area contributed by atoms with Crippen molar-refractivity contribution < 1.29 is 14.3 Å². The Morgan fingerprint density at radius 3 is 2.79 bits per heavy atom. The lowest BCUT2D eigenvalue weighted by Crippen LogP contribution is -2.40. The van der Waals surface area contributed by atoms with E-state index in [1.54, 1.807) is 13.0 Å². The summed E-state index contributed by atoms with van der Waals surface area (Å²) in [5.74, 6) is 0.0906. The second-order valence-electron chi connectivity index (χ2n) is 6.54. The first-order valence-electron chi connectivity index (χ1n) is 9.17. The third-order valence-corrected chi connectivity index (χ3v) is 5.67. The lowest BCUT2D eigenvalue weighted by atomic mass is 10.1. The Kier molecular flexibility index (Phi) is 5.39. The fraction of sp³-hybridized carbons (Fsp3) is 0.136. The van der Waals surface area contributed by atoms with Crippen molar-refractivity contribution in [3.63, 3.8) is 0 Å². The molecule has 2 amide bonds. The molecular formula is C22H19N3O3S. The van der Waals surface area contributed by atoms with Gasteiger partial charge in [0.2, 0.25) is 0 Å². The summed E-state index contributed by atoms with van der Waals surface area (Å²) in [6.07, 6.45) is 3.96. The number of hydrogen-bond donors (Lipinski definition) is 2. The molecule has 0 radical (unpaired) electrons. The second kappa shape index (κ2) is 8.28. The van der Waals surface area contributed by atoms with Gasteiger partial charge in [0.1, 0.15) is 15.6 Å². The Morgan fingerprint density at radius 2 is 1.97 bits per heavy atom. The van der Waals surface area contributed by atoms with Gasteiger partial charge in [-0.05, 0) is 36.3 Å². The Balaban J connectivity index is 1.36. The number of hydrogen-bond acceptors (Lipinski definition) is 5. The molecule has 0 saturated carbocycles. The maximum Gasteiger partial charge on any atom is 0.281 e. The van der Waals surface area contributed by atoms with E-state index >= 15 is 0 Å². The molecule has 146 valence electrons. The number of carbonyl (C=O) groups excluding carboxylic acids is 2. The highest BCUT2D eigenvalue weighted by Crippen LogP contribution is 2.28. The first-order valence-corrected chi connectivity index (χ1v) is 9.99. The molecule has 1 aromatic heterocycles. The van der Waals surface area contributed by atoms with E-state index in [0.717, 1.165) is 33.9 Å². The third-order valence-electron chi connectivity index (χ3n) is 4.46. The van der Waals surface area contributed by atoms with Gasteiger partial charge in [0.05, 0.1) is 12.3 Å². The van der Waals surface area contributed by atoms with Crippen LogP contribution in [0.2, 0.25) is 0 Å². The van der Waals surface area contributed by atoms with Crippen LogP contribution in [0.3, 0.4) is 0 Å². The number of fused-ring (bicyclic) bond motifs is 1. The molecule has 6 nitrogen and oxygen atoms in total. The maximum atomic E-state index is 12.4. The monoisotopic (exact) mass is 405 g/mol. The van der Waals surface area contributed by atoms with E-state index in [2.05, 4.69) is 15.8 Å². The molecule has 1 aliphatic heterocycles. The van der Waals surface area contributed by atoms with E-state index in [-0.39, 0.29) is 0 Å². The minimum atomic E-state index is -0.416. The summed E-state index contributed by atoms with van der Waals surface area (Å²) in [7, 11) is 0. The SMILES string of the molecule is Cc1nc(-c2ccccc2)sc1C(=O)NNC(=O)/C=C/c1ccc2c(c1)CCO2. The van der Waals surface area contributed by atoms with Crippen LogP contribution in [0.1, 0.15) is 26.5 Å². The van der Waals surface area contributed by atoms with E-state index in [0.29, 0.717) is 17.2 Å². The maximum absolute atomic E-state index is 12.4. The largest absolute Gasteiger partial charge is 0.493 e. The van der Waals surface area contributed by atoms with Gasteiger partial charge in [-0.15, -0.1) is 11.3 Å². The van der Waals surface area contributed by atoms with Crippen LogP contribution in [0, 0.1) is 6.92 Å². The number of rotatable bonds is 4. The van der Waals surface area contributed by atoms with Crippen LogP contribution in [0.15, 0.2) is 54.6 Å². The third kappa shape index (κ3) is 4.35. The Bertz CT molecular complexity index is 1090. The van der Waals surface area contributed by atoms with Crippen molar-refractivity contribution >= 4 is 29.2 Å². The van der Waals surface area contributed by atoms with Crippen LogP contribution in [0.5, 0.6) is 5.75 Å². The van der Waals surface area contributed by atoms with Crippen LogP contribution in [-0.2, 0) is 11.2 Å². The Hall–Kier alpha value is -3.45. The molecular weight excluding hydrogens is 386 g/mol. The van der Waals surface area contributed by atoms with Crippen molar-refractivity contribution in [1.29, 1.82) is 0 Å². The molecule has 0 atom stereocenters. The zero-order valence-electron chi connectivity index (χ0n) is 15.8. The summed E-state index contributed by atoms with van der Waals surface area (Å²) >= 11 is 1.29. The van der Waals surface area contributed by atoms with Crippen molar-refractivity contribution in [2.75, 3.05) is 6.61 Å². The molecule has 29 heavy (non-hydrogen) atoms. The van der Waals surface area contributed by atoms with Gasteiger partial charge in [-0.1, -0.05) is 36.4 Å². The van der Waals surface area contributed by atoms with Gasteiger partial charge in [-0.3, -0.25) is 20.4 Å². The standard InChI is InChI=1S/C22H19N3O3S/c1-14-20(29-22(23-14)16-5-3-2-4-6-16)21(27)25-24-19(26)10-8-15-7-9-18-17(13-15)11-12-28-18/h2-10,13H,11-12H2,1H3,(H,24,26)(H,25,27)/b10-8+. The lowest BCUT2D eigenvalue weighted by Gasteiger charge is -2.04. The average Bonchev–Trinajstić information content (AvgIpc) is 3.37. The number of nitrogens with one attached hydrogen (secondary N) is 2. The molecule has 0 unspecified atom stereocenters. The number of ether oxygens (including phenoxy) is 1. The second-order valence-corrected chi connectivity index (χ2v) is 7.54. The van der Waals surface area contributed by atoms with Crippen molar-refractivity contribution in [2.45, 2.75) is 13.3 Å². The molecule has 0 saturated heterocycles. The highest BCUT2D eigenvalue weighted by atomic mass is 32.1. The van der Waals surface area contributed by atoms with E-state index in [4.69, 9.17) is 4.74 Å². The number of nitrogens with zero attached hydrogens (tertiary/aromatic N) is 1. The van der Waals surface area contributed by atoms with Crippen molar-refractivity contribution in [3.8, 4) is 16.3 Å². The number of carbonyl (C=O) groups is 2. The summed E-state index contributed by atoms with van der Waals surface area (Å²) < 4.78 is 5.47. The van der Waals surface area contributed by atoms with Crippen LogP contribution in [0.25, 0.3) is 16.6 Å². The fourth-order valence-corrected chi connectivity index (χ4v) is 3.98. The number of hydrazine groups is 1. The fourth-order valence-electron chi connectivity index (χ4n) is 3.01. The van der Waals surface area contributed by atoms with Gasteiger partial charge in [0, 0.05) is 18.1 Å². The zero-order valence-corrected chi connectivity index (χ0v) is 16.6. The summed E-state index contributed by atoms with van der Waals surface area (Å²) in [4.78, 5) is 29.4. The van der Waals surface area contributed by atoms with Crippen molar-refractivity contribution in [1.82, 2.24) is 15.8 Å². The zero-order chi connectivity index (χ0) is 20.2. The molecule has 0 spiro atoms. The molecule has 3 aromatic rings. The smallest absolute Gasteiger partial charge is 0.281 e. The molecule has 2 aromatic carbocycles. The predicted molar refractivity (Wildman–Crippen MR) is 113 cm³/mol. The highest BCUT2D eigenvalue weighted by molar-refractivity contribution is 7.17. The molecule has 4 rings (SSSR count). The van der Waals surface area contributed by atoms with Crippen LogP contribution in [0.4, 0.5) is 0 Å². The van der Waals surface area contributed by atoms with E-state index in [1.807, 2.05) is 48.5 Å². The van der Waals surface area contributed by atoms with Gasteiger partial charge in [0.25, 0.3) is 11.8 Å². The summed E-state index contributed by atoms with van der Waals surface area (Å²) in [5.41, 5.74) is 8.46. The quantitative estimate of drug-likeness (QED) is 0.514. The minimum Gasteiger partial charge on any atom is -0.493 e. The van der Waals surface area contributed by atoms with Gasteiger partial charge < -0.3 is 4.74 Å². The number of aromatic nitrogens is 1. The first-order chi connectivity index (χ1) is 14.1. The summed E-state index contributed by atoms with van der Waals surface area (Å²) in [6, 6.07) is 15.4. The average molecular weight is 405 g/mol. The molecule has 1 aliphatic rings. The molecule has 2 heterocycles. The molecule has 0 bridgehead atoms. The van der Waals surface area contributed by atoms with Gasteiger partial charge >= 0.3 is 0 Å². The number of thiazole rings is 1. The Morgan fingerprint density at radius 1 is 1.14 bits per heavy atom. The lowest BCUT2D eigenvalue weighted by molar-refractivity contribution is -0.117. The van der Waals surface area contributed by atoms with Crippen molar-refractivity contribution in [3.05, 3.63) is 76.3 Å². The predicted octanol–water partition coefficient (Wildman–Crippen LogP) is 3.53. The summed E-state index contributed by atoms with van der Waals surface area (Å²) in [6.45, 7) is 2.47. The van der Waals surface area contributed by atoms with E-state index in [1.165, 1.54) is 17.4 Å². The van der Waals surface area contributed by atoms with Crippen molar-refractivity contribution in [2.24, 2.45) is 0 Å². The number of benzene rings is 2. The molecule has 0 aliphatic carbocycles. The highest BCUT2D eigenvalue weighted by Gasteiger charge is 2.16. The van der Waals surface area contributed by atoms with E-state index < -0.39 is 11.8 Å². The van der Waals surface area contributed by atoms with Gasteiger partial charge in [0.15, 0.2) is 0 Å². The number of aryl methyl sites for hydroxylation is 1. The Labute approximate surface area is 172 Å². The van der Waals surface area contributed by atoms with Crippen LogP contribution in [-0.4, -0.2) is 23.4 Å². The van der Waals surface area contributed by atoms with Crippen LogP contribution >= 0.6 is 11.3 Å². The summed E-state index contributed by atoms with van der Waals surface area (Å²) in [5, 5.41) is 0.764. The van der Waals surface area contributed by atoms with Gasteiger partial charge in [-0.25, -0.2) is 4.98 Å². The number of amides is 2. The molecule has 7 heteroatoms. The molecule has 0 fully saturated rings. The normalized spacial score (nSPS) is 12.4. The van der Waals surface area contributed by atoms with Crippen LogP contribution < -0.4 is 15.6 Å². The first kappa shape index (κ1) is 18.9. The topological polar surface area (TPSA) is 80.3 Å². The van der Waals surface area contributed by atoms with Gasteiger partial charge in [-0.2, -0.15) is 0 Å². The minimum absolute atomic E-state index is 0.390. The molecule has 2 N–H and O–H groups in total.